The molecule has 0 spiro atoms. The average Bonchev–Trinajstić information content (AvgIpc) is 3.49. The molecule has 1 atom stereocenters. The second-order valence-corrected chi connectivity index (χ2v) is 11.3. The Kier molecular flexibility index (Phi) is 6.28. The Hall–Kier alpha value is -2.59. The number of likely N-dealkylation sites (tertiary alicyclic amines) is 1. The van der Waals surface area contributed by atoms with E-state index in [9.17, 15) is 13.5 Å². The molecule has 184 valence electrons. The van der Waals surface area contributed by atoms with Crippen molar-refractivity contribution >= 4 is 27.6 Å². The molecule has 1 aromatic heterocycles. The van der Waals surface area contributed by atoms with Gasteiger partial charge in [-0.15, -0.1) is 4.40 Å². The maximum absolute atomic E-state index is 13.5. The molecule has 1 unspecified atom stereocenters. The molecule has 0 saturated carbocycles. The number of rotatable bonds is 5. The third kappa shape index (κ3) is 4.53. The minimum Gasteiger partial charge on any atom is -0.845 e. The molecule has 1 aliphatic heterocycles. The molecule has 0 radical (unpaired) electrons. The minimum atomic E-state index is -4.27. The van der Waals surface area contributed by atoms with Crippen molar-refractivity contribution in [3.05, 3.63) is 40.7 Å². The third-order valence-corrected chi connectivity index (χ3v) is 8.75. The van der Waals surface area contributed by atoms with E-state index in [0.29, 0.717) is 18.5 Å². The van der Waals surface area contributed by atoms with Crippen LogP contribution in [0.25, 0.3) is 0 Å². The first kappa shape index (κ1) is 23.2. The molecule has 0 bridgehead atoms. The highest BCUT2D eigenvalue weighted by Gasteiger charge is 2.32. The Bertz CT molecular complexity index is 1170. The molecule has 10 heteroatoms. The molecule has 1 N–H and O–H groups in total. The van der Waals surface area contributed by atoms with Crippen LogP contribution >= 0.6 is 0 Å². The molecule has 3 aliphatic rings. The Morgan fingerprint density at radius 3 is 2.44 bits per heavy atom. The van der Waals surface area contributed by atoms with Gasteiger partial charge >= 0.3 is 10.2 Å². The maximum Gasteiger partial charge on any atom is 0.345 e. The summed E-state index contributed by atoms with van der Waals surface area (Å²) < 4.78 is 33.7. The Labute approximate surface area is 201 Å². The molecule has 1 saturated heterocycles. The van der Waals surface area contributed by atoms with Crippen LogP contribution in [0.3, 0.4) is 0 Å². The highest BCUT2D eigenvalue weighted by Crippen LogP contribution is 2.38. The highest BCUT2D eigenvalue weighted by molar-refractivity contribution is 7.91. The maximum atomic E-state index is 13.5. The van der Waals surface area contributed by atoms with Crippen molar-refractivity contribution in [2.75, 3.05) is 29.8 Å². The van der Waals surface area contributed by atoms with Crippen LogP contribution < -0.4 is 14.7 Å². The van der Waals surface area contributed by atoms with E-state index in [-0.39, 0.29) is 6.04 Å². The first-order valence-electron chi connectivity index (χ1n) is 12.2. The molecular weight excluding hydrogens is 452 g/mol. The molecule has 9 nitrogen and oxygen atoms in total. The number of amidine groups is 1. The SMILES string of the molecule is CN1CCCC(N(c2cnn(C)c2)S(=O)(=O)/N=C(\[O-])Nc2c3c(cc4c2CCC4)CCC3)CC1. The van der Waals surface area contributed by atoms with Crippen LogP contribution in [-0.2, 0) is 42.9 Å². The van der Waals surface area contributed by atoms with Gasteiger partial charge in [0, 0.05) is 25.0 Å². The predicted molar refractivity (Wildman–Crippen MR) is 131 cm³/mol. The topological polar surface area (TPSA) is 106 Å². The zero-order valence-corrected chi connectivity index (χ0v) is 20.8. The molecule has 34 heavy (non-hydrogen) atoms. The monoisotopic (exact) mass is 485 g/mol. The van der Waals surface area contributed by atoms with Gasteiger partial charge in [0.2, 0.25) is 0 Å². The number of aryl methyl sites for hydroxylation is 3. The molecular formula is C24H33N6O3S-. The zero-order valence-electron chi connectivity index (χ0n) is 20.0. The summed E-state index contributed by atoms with van der Waals surface area (Å²) in [5.74, 6) is 0. The largest absolute Gasteiger partial charge is 0.845 e. The second-order valence-electron chi connectivity index (χ2n) is 9.79. The van der Waals surface area contributed by atoms with E-state index in [1.807, 2.05) is 7.05 Å². The van der Waals surface area contributed by atoms with E-state index in [1.165, 1.54) is 21.6 Å². The molecule has 2 aliphatic carbocycles. The molecule has 1 aromatic carbocycles. The van der Waals surface area contributed by atoms with Crippen molar-refractivity contribution in [3.63, 3.8) is 0 Å². The minimum absolute atomic E-state index is 0.277. The number of nitrogens with zero attached hydrogens (tertiary/aromatic N) is 5. The number of fused-ring (bicyclic) bond motifs is 2. The number of anilines is 2. The van der Waals surface area contributed by atoms with Crippen LogP contribution in [0.5, 0.6) is 0 Å². The van der Waals surface area contributed by atoms with Crippen LogP contribution in [0.2, 0.25) is 0 Å². The number of benzene rings is 1. The number of nitrogens with one attached hydrogen (secondary N) is 1. The first-order valence-corrected chi connectivity index (χ1v) is 13.6. The standard InChI is InChI=1S/C24H34N6O3S/c1-28-12-5-8-19(11-13-28)30(20-15-25-29(2)16-20)34(32,33)27-24(31)26-23-21-9-3-6-17(21)14-18-7-4-10-22(18)23/h14-16,19H,3-13H2,1-2H3,(H2,26,27,31)/p-1. The summed E-state index contributed by atoms with van der Waals surface area (Å²) >= 11 is 0. The van der Waals surface area contributed by atoms with Crippen molar-refractivity contribution in [2.24, 2.45) is 11.4 Å². The van der Waals surface area contributed by atoms with E-state index >= 15 is 0 Å². The van der Waals surface area contributed by atoms with Gasteiger partial charge in [-0.25, -0.2) is 4.31 Å². The van der Waals surface area contributed by atoms with Crippen LogP contribution in [0.4, 0.5) is 11.4 Å². The van der Waals surface area contributed by atoms with E-state index in [4.69, 9.17) is 0 Å². The summed E-state index contributed by atoms with van der Waals surface area (Å²) in [5, 5.41) is 20.1. The van der Waals surface area contributed by atoms with Gasteiger partial charge in [0.1, 0.15) is 0 Å². The van der Waals surface area contributed by atoms with Gasteiger partial charge in [0.25, 0.3) is 0 Å². The van der Waals surface area contributed by atoms with Crippen LogP contribution in [0, 0.1) is 0 Å². The molecule has 1 fully saturated rings. The second kappa shape index (κ2) is 9.22. The van der Waals surface area contributed by atoms with Gasteiger partial charge < -0.3 is 15.3 Å². The van der Waals surface area contributed by atoms with Crippen molar-refractivity contribution in [1.82, 2.24) is 14.7 Å². The fourth-order valence-corrected chi connectivity index (χ4v) is 7.05. The lowest BCUT2D eigenvalue weighted by Crippen LogP contribution is -2.42. The Balaban J connectivity index is 1.47. The van der Waals surface area contributed by atoms with E-state index in [1.54, 1.807) is 17.9 Å². The van der Waals surface area contributed by atoms with Crippen molar-refractivity contribution in [1.29, 1.82) is 0 Å². The molecule has 5 rings (SSSR count). The summed E-state index contributed by atoms with van der Waals surface area (Å²) in [6.07, 6.45) is 11.4. The fraction of sp³-hybridized carbons (Fsp3) is 0.583. The lowest BCUT2D eigenvalue weighted by molar-refractivity contribution is -0.213. The zero-order chi connectivity index (χ0) is 23.9. The van der Waals surface area contributed by atoms with Crippen molar-refractivity contribution in [3.8, 4) is 0 Å². The summed E-state index contributed by atoms with van der Waals surface area (Å²) in [4.78, 5) is 2.20. The quantitative estimate of drug-likeness (QED) is 0.511. The molecule has 2 heterocycles. The Morgan fingerprint density at radius 1 is 1.09 bits per heavy atom. The van der Waals surface area contributed by atoms with E-state index in [0.717, 1.165) is 74.8 Å². The Morgan fingerprint density at radius 2 is 1.79 bits per heavy atom. The highest BCUT2D eigenvalue weighted by atomic mass is 32.2. The van der Waals surface area contributed by atoms with Crippen LogP contribution in [0.15, 0.2) is 22.9 Å². The normalized spacial score (nSPS) is 21.2. The molecule has 2 aromatic rings. The molecule has 0 amide bonds. The summed E-state index contributed by atoms with van der Waals surface area (Å²) in [7, 11) is -0.481. The van der Waals surface area contributed by atoms with Gasteiger partial charge in [-0.3, -0.25) is 4.68 Å². The average molecular weight is 486 g/mol. The van der Waals surface area contributed by atoms with Crippen LogP contribution in [-0.4, -0.2) is 55.3 Å². The number of aromatic nitrogens is 2. The van der Waals surface area contributed by atoms with Gasteiger partial charge in [-0.1, -0.05) is 6.07 Å². The van der Waals surface area contributed by atoms with Gasteiger partial charge in [0.15, 0.2) is 0 Å². The van der Waals surface area contributed by atoms with Crippen LogP contribution in [0.1, 0.15) is 54.4 Å². The van der Waals surface area contributed by atoms with Gasteiger partial charge in [0.05, 0.1) is 17.9 Å². The first-order chi connectivity index (χ1) is 16.3. The summed E-state index contributed by atoms with van der Waals surface area (Å²) in [6, 6.07) is 1.18. The van der Waals surface area contributed by atoms with Gasteiger partial charge in [-0.2, -0.15) is 13.5 Å². The van der Waals surface area contributed by atoms with Crippen molar-refractivity contribution < 1.29 is 13.5 Å². The van der Waals surface area contributed by atoms with E-state index in [2.05, 4.69) is 25.8 Å². The number of hydrogen-bond acceptors (Lipinski definition) is 5. The lowest BCUT2D eigenvalue weighted by Gasteiger charge is -2.30. The lowest BCUT2D eigenvalue weighted by atomic mass is 9.99. The fourth-order valence-electron chi connectivity index (χ4n) is 5.76. The summed E-state index contributed by atoms with van der Waals surface area (Å²) in [5.41, 5.74) is 6.09. The summed E-state index contributed by atoms with van der Waals surface area (Å²) in [6.45, 7) is 1.70. The van der Waals surface area contributed by atoms with Gasteiger partial charge in [-0.05, 0) is 100 Å². The smallest absolute Gasteiger partial charge is 0.345 e. The third-order valence-electron chi connectivity index (χ3n) is 7.35. The van der Waals surface area contributed by atoms with Crippen molar-refractivity contribution in [2.45, 2.75) is 63.8 Å². The number of hydrogen-bond donors (Lipinski definition) is 1. The predicted octanol–water partition coefficient (Wildman–Crippen LogP) is 1.76. The van der Waals surface area contributed by atoms with E-state index < -0.39 is 16.2 Å².